The van der Waals surface area contributed by atoms with Gasteiger partial charge in [-0.1, -0.05) is 13.8 Å². The molecule has 19 heavy (non-hydrogen) atoms. The van der Waals surface area contributed by atoms with Crippen molar-refractivity contribution in [2.45, 2.75) is 26.0 Å². The lowest BCUT2D eigenvalue weighted by molar-refractivity contribution is -0.115. The minimum absolute atomic E-state index is 0.0328. The van der Waals surface area contributed by atoms with Crippen molar-refractivity contribution >= 4 is 29.0 Å². The molecule has 0 bridgehead atoms. The van der Waals surface area contributed by atoms with E-state index >= 15 is 0 Å². The van der Waals surface area contributed by atoms with Crippen LogP contribution in [0, 0.1) is 5.92 Å². The topological polar surface area (TPSA) is 64.3 Å². The second kappa shape index (κ2) is 7.28. The summed E-state index contributed by atoms with van der Waals surface area (Å²) in [6.07, 6.45) is 0. The van der Waals surface area contributed by atoms with Crippen molar-refractivity contribution in [3.8, 4) is 5.75 Å². The molecule has 0 saturated carbocycles. The van der Waals surface area contributed by atoms with E-state index < -0.39 is 0 Å². The molecule has 0 aromatic heterocycles. The summed E-state index contributed by atoms with van der Waals surface area (Å²) in [5.41, 5.74) is 6.93. The Morgan fingerprint density at radius 2 is 2.11 bits per heavy atom. The van der Waals surface area contributed by atoms with Gasteiger partial charge in [-0.3, -0.25) is 4.79 Å². The van der Waals surface area contributed by atoms with E-state index in [1.54, 1.807) is 37.1 Å². The quantitative estimate of drug-likeness (QED) is 0.787. The largest absolute Gasteiger partial charge is 0.495 e. The second-order valence-electron chi connectivity index (χ2n) is 4.82. The first kappa shape index (κ1) is 15.7. The molecule has 3 N–H and O–H groups in total. The molecule has 106 valence electrons. The van der Waals surface area contributed by atoms with Crippen LogP contribution in [0.2, 0.25) is 0 Å². The van der Waals surface area contributed by atoms with Crippen LogP contribution in [0.25, 0.3) is 0 Å². The maximum absolute atomic E-state index is 12.1. The maximum atomic E-state index is 12.1. The van der Waals surface area contributed by atoms with E-state index in [1.807, 2.05) is 6.92 Å². The fraction of sp³-hybridized carbons (Fsp3) is 0.500. The zero-order valence-corrected chi connectivity index (χ0v) is 12.7. The fourth-order valence-corrected chi connectivity index (χ4v) is 2.35. The minimum atomic E-state index is -0.103. The van der Waals surface area contributed by atoms with Crippen molar-refractivity contribution in [3.05, 3.63) is 18.2 Å². The molecule has 0 aliphatic carbocycles. The van der Waals surface area contributed by atoms with E-state index in [-0.39, 0.29) is 11.2 Å². The van der Waals surface area contributed by atoms with Crippen molar-refractivity contribution in [3.63, 3.8) is 0 Å². The normalized spacial score (nSPS) is 12.3. The lowest BCUT2D eigenvalue weighted by Gasteiger charge is -2.15. The third-order valence-electron chi connectivity index (χ3n) is 2.53. The summed E-state index contributed by atoms with van der Waals surface area (Å²) >= 11 is 1.65. The van der Waals surface area contributed by atoms with Crippen LogP contribution in [0.15, 0.2) is 18.2 Å². The summed E-state index contributed by atoms with van der Waals surface area (Å²) < 4.78 is 5.20. The second-order valence-corrected chi connectivity index (χ2v) is 6.19. The molecule has 1 aromatic carbocycles. The van der Waals surface area contributed by atoms with Crippen LogP contribution in [-0.4, -0.2) is 24.0 Å². The van der Waals surface area contributed by atoms with E-state index in [4.69, 9.17) is 10.5 Å². The number of thioether (sulfide) groups is 1. The smallest absolute Gasteiger partial charge is 0.237 e. The molecule has 0 aliphatic rings. The summed E-state index contributed by atoms with van der Waals surface area (Å²) in [5.74, 6) is 2.11. The highest BCUT2D eigenvalue weighted by atomic mass is 32.2. The number of anilines is 2. The number of amides is 1. The lowest BCUT2D eigenvalue weighted by Crippen LogP contribution is -2.23. The molecule has 5 heteroatoms. The zero-order chi connectivity index (χ0) is 14.4. The van der Waals surface area contributed by atoms with Crippen LogP contribution in [0.5, 0.6) is 5.75 Å². The van der Waals surface area contributed by atoms with Gasteiger partial charge in [0.05, 0.1) is 18.0 Å². The van der Waals surface area contributed by atoms with Gasteiger partial charge in [-0.15, -0.1) is 11.8 Å². The number of rotatable bonds is 6. The molecule has 0 heterocycles. The van der Waals surface area contributed by atoms with Crippen LogP contribution in [0.3, 0.4) is 0 Å². The molecule has 1 amide bonds. The minimum Gasteiger partial charge on any atom is -0.495 e. The number of nitrogens with two attached hydrogens (primary N) is 1. The Morgan fingerprint density at radius 3 is 2.68 bits per heavy atom. The van der Waals surface area contributed by atoms with Gasteiger partial charge >= 0.3 is 0 Å². The number of carbonyl (C=O) groups excluding carboxylic acids is 1. The Kier molecular flexibility index (Phi) is 6.02. The number of nitrogens with one attached hydrogen (secondary N) is 1. The Bertz CT molecular complexity index is 435. The Morgan fingerprint density at radius 1 is 1.42 bits per heavy atom. The predicted molar refractivity (Wildman–Crippen MR) is 82.8 cm³/mol. The maximum Gasteiger partial charge on any atom is 0.237 e. The van der Waals surface area contributed by atoms with Gasteiger partial charge in [-0.2, -0.15) is 0 Å². The number of hydrogen-bond donors (Lipinski definition) is 2. The molecule has 0 saturated heterocycles. The van der Waals surface area contributed by atoms with Gasteiger partial charge in [0.25, 0.3) is 0 Å². The molecule has 0 aliphatic heterocycles. The van der Waals surface area contributed by atoms with E-state index in [0.29, 0.717) is 23.0 Å². The van der Waals surface area contributed by atoms with Crippen molar-refractivity contribution < 1.29 is 9.53 Å². The van der Waals surface area contributed by atoms with Gasteiger partial charge in [-0.05, 0) is 36.8 Å². The number of methoxy groups -OCH3 is 1. The van der Waals surface area contributed by atoms with Crippen LogP contribution in [-0.2, 0) is 4.79 Å². The first-order valence-electron chi connectivity index (χ1n) is 6.30. The van der Waals surface area contributed by atoms with Gasteiger partial charge in [0.15, 0.2) is 0 Å². The van der Waals surface area contributed by atoms with E-state index in [0.717, 1.165) is 5.75 Å². The number of nitrogen functional groups attached to an aromatic ring is 1. The first-order chi connectivity index (χ1) is 8.93. The lowest BCUT2D eigenvalue weighted by atomic mass is 10.2. The molecular weight excluding hydrogens is 260 g/mol. The third-order valence-corrected chi connectivity index (χ3v) is 4.10. The van der Waals surface area contributed by atoms with Crippen molar-refractivity contribution in [1.29, 1.82) is 0 Å². The molecule has 1 unspecified atom stereocenters. The van der Waals surface area contributed by atoms with Crippen LogP contribution >= 0.6 is 11.8 Å². The van der Waals surface area contributed by atoms with Gasteiger partial charge < -0.3 is 15.8 Å². The first-order valence-corrected chi connectivity index (χ1v) is 7.35. The summed E-state index contributed by atoms with van der Waals surface area (Å²) in [6, 6.07) is 5.19. The van der Waals surface area contributed by atoms with Crippen LogP contribution < -0.4 is 15.8 Å². The van der Waals surface area contributed by atoms with Crippen molar-refractivity contribution in [2.75, 3.05) is 23.9 Å². The van der Waals surface area contributed by atoms with Crippen LogP contribution in [0.1, 0.15) is 20.8 Å². The highest BCUT2D eigenvalue weighted by molar-refractivity contribution is 8.00. The fourth-order valence-electron chi connectivity index (χ4n) is 1.47. The summed E-state index contributed by atoms with van der Waals surface area (Å²) in [7, 11) is 1.57. The number of carbonyl (C=O) groups is 1. The van der Waals surface area contributed by atoms with E-state index in [1.165, 1.54) is 0 Å². The van der Waals surface area contributed by atoms with E-state index in [9.17, 15) is 4.79 Å². The molecule has 4 nitrogen and oxygen atoms in total. The average molecular weight is 282 g/mol. The Balaban J connectivity index is 2.68. The molecular formula is C14H22N2O2S. The molecule has 0 spiro atoms. The monoisotopic (exact) mass is 282 g/mol. The zero-order valence-electron chi connectivity index (χ0n) is 11.9. The number of benzene rings is 1. The highest BCUT2D eigenvalue weighted by Gasteiger charge is 2.16. The highest BCUT2D eigenvalue weighted by Crippen LogP contribution is 2.27. The molecule has 1 aromatic rings. The van der Waals surface area contributed by atoms with Crippen molar-refractivity contribution in [1.82, 2.24) is 0 Å². The summed E-state index contributed by atoms with van der Waals surface area (Å²) in [6.45, 7) is 6.18. The molecule has 0 fully saturated rings. The van der Waals surface area contributed by atoms with E-state index in [2.05, 4.69) is 19.2 Å². The Hall–Kier alpha value is -1.36. The van der Waals surface area contributed by atoms with Gasteiger partial charge in [0.1, 0.15) is 5.75 Å². The number of hydrogen-bond acceptors (Lipinski definition) is 4. The molecule has 0 radical (unpaired) electrons. The standard InChI is InChI=1S/C14H22N2O2S/c1-9(2)8-19-10(3)14(17)16-12-7-11(15)5-6-13(12)18-4/h5-7,9-10H,8,15H2,1-4H3,(H,16,17). The predicted octanol–water partition coefficient (Wildman–Crippen LogP) is 2.99. The third kappa shape index (κ3) is 5.03. The Labute approximate surface area is 119 Å². The van der Waals surface area contributed by atoms with Gasteiger partial charge in [-0.25, -0.2) is 0 Å². The SMILES string of the molecule is COc1ccc(N)cc1NC(=O)C(C)SCC(C)C. The van der Waals surface area contributed by atoms with Crippen LogP contribution in [0.4, 0.5) is 11.4 Å². The van der Waals surface area contributed by atoms with Gasteiger partial charge in [0, 0.05) is 5.69 Å². The average Bonchev–Trinajstić information content (AvgIpc) is 2.36. The molecule has 1 rings (SSSR count). The van der Waals surface area contributed by atoms with Crippen molar-refractivity contribution in [2.24, 2.45) is 5.92 Å². The number of ether oxygens (including phenoxy) is 1. The summed E-state index contributed by atoms with van der Waals surface area (Å²) in [5, 5.41) is 2.76. The summed E-state index contributed by atoms with van der Waals surface area (Å²) in [4.78, 5) is 12.1. The van der Waals surface area contributed by atoms with Gasteiger partial charge in [0.2, 0.25) is 5.91 Å². The molecule has 1 atom stereocenters.